The summed E-state index contributed by atoms with van der Waals surface area (Å²) in [6.07, 6.45) is 7.06. The highest BCUT2D eigenvalue weighted by atomic mass is 32.2. The summed E-state index contributed by atoms with van der Waals surface area (Å²) in [5.74, 6) is 1.22. The number of hydrogen-bond donors (Lipinski definition) is 1. The lowest BCUT2D eigenvalue weighted by Crippen LogP contribution is -2.23. The molecule has 0 unspecified atom stereocenters. The maximum Gasteiger partial charge on any atom is 0.251 e. The van der Waals surface area contributed by atoms with Crippen LogP contribution in [-0.4, -0.2) is 10.9 Å². The third kappa shape index (κ3) is 4.23. The second kappa shape index (κ2) is 7.47. The van der Waals surface area contributed by atoms with E-state index in [0.717, 1.165) is 24.3 Å². The third-order valence-electron chi connectivity index (χ3n) is 4.13. The predicted octanol–water partition coefficient (Wildman–Crippen LogP) is 4.67. The molecule has 1 fully saturated rings. The van der Waals surface area contributed by atoms with Gasteiger partial charge in [0.2, 0.25) is 0 Å². The summed E-state index contributed by atoms with van der Waals surface area (Å²) in [6, 6.07) is 12.0. The molecule has 1 heterocycles. The van der Waals surface area contributed by atoms with Gasteiger partial charge < -0.3 is 5.32 Å². The Labute approximate surface area is 141 Å². The minimum atomic E-state index is -0.0505. The highest BCUT2D eigenvalue weighted by molar-refractivity contribution is 7.98. The Morgan fingerprint density at radius 2 is 2.04 bits per heavy atom. The van der Waals surface area contributed by atoms with Gasteiger partial charge >= 0.3 is 0 Å². The van der Waals surface area contributed by atoms with E-state index in [-0.39, 0.29) is 5.91 Å². The van der Waals surface area contributed by atoms with Gasteiger partial charge in [0.05, 0.1) is 0 Å². The lowest BCUT2D eigenvalue weighted by molar-refractivity contribution is -0.113. The van der Waals surface area contributed by atoms with Gasteiger partial charge in [-0.05, 0) is 54.7 Å². The molecule has 1 aliphatic carbocycles. The second-order valence-corrected chi connectivity index (χ2v) is 6.83. The van der Waals surface area contributed by atoms with Crippen molar-refractivity contribution in [1.29, 1.82) is 0 Å². The van der Waals surface area contributed by atoms with Crippen molar-refractivity contribution in [2.45, 2.75) is 29.9 Å². The summed E-state index contributed by atoms with van der Waals surface area (Å²) < 4.78 is 0. The first-order chi connectivity index (χ1) is 11.2. The summed E-state index contributed by atoms with van der Waals surface area (Å²) in [4.78, 5) is 17.4. The number of thioether (sulfide) groups is 1. The van der Waals surface area contributed by atoms with Crippen LogP contribution >= 0.6 is 11.8 Å². The van der Waals surface area contributed by atoms with Crippen molar-refractivity contribution in [3.63, 3.8) is 0 Å². The minimum Gasteiger partial charge on any atom is -0.322 e. The van der Waals surface area contributed by atoms with E-state index in [9.17, 15) is 4.79 Å². The van der Waals surface area contributed by atoms with Crippen molar-refractivity contribution in [3.8, 4) is 0 Å². The molecular formula is C19H20N2OS. The van der Waals surface area contributed by atoms with Crippen molar-refractivity contribution in [2.24, 2.45) is 5.92 Å². The zero-order chi connectivity index (χ0) is 16.1. The van der Waals surface area contributed by atoms with E-state index in [1.54, 1.807) is 18.0 Å². The topological polar surface area (TPSA) is 42.0 Å². The van der Waals surface area contributed by atoms with E-state index in [2.05, 4.69) is 22.9 Å². The predicted molar refractivity (Wildman–Crippen MR) is 95.4 cm³/mol. The molecule has 3 rings (SSSR count). The number of carbonyl (C=O) groups is 1. The molecule has 2 aromatic rings. The Hall–Kier alpha value is -2.07. The van der Waals surface area contributed by atoms with Gasteiger partial charge in [-0.3, -0.25) is 9.78 Å². The van der Waals surface area contributed by atoms with E-state index in [0.29, 0.717) is 11.5 Å². The van der Waals surface area contributed by atoms with Gasteiger partial charge in [0.1, 0.15) is 0 Å². The average molecular weight is 324 g/mol. The van der Waals surface area contributed by atoms with Gasteiger partial charge in [-0.2, -0.15) is 0 Å². The molecular weight excluding hydrogens is 304 g/mol. The third-order valence-corrected chi connectivity index (χ3v) is 5.21. The molecule has 0 aliphatic heterocycles. The first-order valence-electron chi connectivity index (χ1n) is 7.84. The second-order valence-electron chi connectivity index (χ2n) is 5.78. The molecule has 1 saturated carbocycles. The SMILES string of the molecule is C=C(C(=O)Nc1ccc(SCc2cccnc2)cc1)C1CCC1. The summed E-state index contributed by atoms with van der Waals surface area (Å²) >= 11 is 1.75. The lowest BCUT2D eigenvalue weighted by atomic mass is 9.80. The average Bonchev–Trinajstić information content (AvgIpc) is 2.53. The summed E-state index contributed by atoms with van der Waals surface area (Å²) in [5, 5.41) is 2.93. The van der Waals surface area contributed by atoms with Crippen molar-refractivity contribution >= 4 is 23.4 Å². The molecule has 118 valence electrons. The number of aromatic nitrogens is 1. The monoisotopic (exact) mass is 324 g/mol. The number of nitrogens with zero attached hydrogens (tertiary/aromatic N) is 1. The van der Waals surface area contributed by atoms with Gasteiger partial charge in [0, 0.05) is 34.3 Å². The number of carbonyl (C=O) groups excluding carboxylic acids is 1. The van der Waals surface area contributed by atoms with Crippen LogP contribution in [0.5, 0.6) is 0 Å². The zero-order valence-electron chi connectivity index (χ0n) is 13.0. The molecule has 0 spiro atoms. The fraction of sp³-hybridized carbons (Fsp3) is 0.263. The van der Waals surface area contributed by atoms with E-state index in [1.165, 1.54) is 16.9 Å². The van der Waals surface area contributed by atoms with Crippen molar-refractivity contribution in [3.05, 3.63) is 66.5 Å². The smallest absolute Gasteiger partial charge is 0.251 e. The lowest BCUT2D eigenvalue weighted by Gasteiger charge is -2.26. The van der Waals surface area contributed by atoms with Crippen LogP contribution in [-0.2, 0) is 10.5 Å². The number of benzene rings is 1. The number of hydrogen-bond acceptors (Lipinski definition) is 3. The molecule has 23 heavy (non-hydrogen) atoms. The Kier molecular flexibility index (Phi) is 5.13. The summed E-state index contributed by atoms with van der Waals surface area (Å²) in [7, 11) is 0. The summed E-state index contributed by atoms with van der Waals surface area (Å²) in [6.45, 7) is 3.93. The molecule has 0 radical (unpaired) electrons. The molecule has 3 nitrogen and oxygen atoms in total. The molecule has 0 atom stereocenters. The normalized spacial score (nSPS) is 14.1. The highest BCUT2D eigenvalue weighted by Gasteiger charge is 2.24. The number of rotatable bonds is 6. The maximum absolute atomic E-state index is 12.1. The van der Waals surface area contributed by atoms with E-state index in [4.69, 9.17) is 0 Å². The molecule has 1 aromatic heterocycles. The van der Waals surface area contributed by atoms with Crippen molar-refractivity contribution in [1.82, 2.24) is 4.98 Å². The van der Waals surface area contributed by atoms with Crippen molar-refractivity contribution < 1.29 is 4.79 Å². The van der Waals surface area contributed by atoms with Crippen LogP contribution in [0, 0.1) is 5.92 Å². The molecule has 4 heteroatoms. The number of nitrogens with one attached hydrogen (secondary N) is 1. The maximum atomic E-state index is 12.1. The van der Waals surface area contributed by atoms with Gasteiger partial charge in [-0.1, -0.05) is 19.1 Å². The van der Waals surface area contributed by atoms with E-state index >= 15 is 0 Å². The largest absolute Gasteiger partial charge is 0.322 e. The van der Waals surface area contributed by atoms with E-state index in [1.807, 2.05) is 36.5 Å². The van der Waals surface area contributed by atoms with E-state index < -0.39 is 0 Å². The van der Waals surface area contributed by atoms with Crippen LogP contribution in [0.3, 0.4) is 0 Å². The standard InChI is InChI=1S/C19H20N2OS/c1-14(16-5-2-6-16)19(22)21-17-7-9-18(10-8-17)23-13-15-4-3-11-20-12-15/h3-4,7-12,16H,1-2,5-6,13H2,(H,21,22). The Balaban J connectivity index is 1.52. The fourth-order valence-corrected chi connectivity index (χ4v) is 3.27. The molecule has 1 N–H and O–H groups in total. The van der Waals surface area contributed by atoms with Crippen LogP contribution in [0.2, 0.25) is 0 Å². The fourth-order valence-electron chi connectivity index (χ4n) is 2.44. The molecule has 1 aromatic carbocycles. The Morgan fingerprint density at radius 1 is 1.26 bits per heavy atom. The quantitative estimate of drug-likeness (QED) is 0.620. The first-order valence-corrected chi connectivity index (χ1v) is 8.83. The number of anilines is 1. The van der Waals surface area contributed by atoms with Crippen LogP contribution in [0.1, 0.15) is 24.8 Å². The van der Waals surface area contributed by atoms with Gasteiger partial charge in [0.25, 0.3) is 5.91 Å². The van der Waals surface area contributed by atoms with Gasteiger partial charge in [-0.15, -0.1) is 11.8 Å². The van der Waals surface area contributed by atoms with Crippen LogP contribution in [0.4, 0.5) is 5.69 Å². The Bertz CT molecular complexity index is 678. The minimum absolute atomic E-state index is 0.0505. The molecule has 0 bridgehead atoms. The number of amides is 1. The number of pyridine rings is 1. The molecule has 0 saturated heterocycles. The van der Waals surface area contributed by atoms with Gasteiger partial charge in [0.15, 0.2) is 0 Å². The van der Waals surface area contributed by atoms with Gasteiger partial charge in [-0.25, -0.2) is 0 Å². The Morgan fingerprint density at radius 3 is 2.65 bits per heavy atom. The van der Waals surface area contributed by atoms with Crippen LogP contribution in [0.15, 0.2) is 65.8 Å². The summed E-state index contributed by atoms with van der Waals surface area (Å²) in [5.41, 5.74) is 2.74. The van der Waals surface area contributed by atoms with Crippen LogP contribution < -0.4 is 5.32 Å². The molecule has 1 amide bonds. The first kappa shape index (κ1) is 15.8. The zero-order valence-corrected chi connectivity index (χ0v) is 13.8. The van der Waals surface area contributed by atoms with Crippen molar-refractivity contribution in [2.75, 3.05) is 5.32 Å². The van der Waals surface area contributed by atoms with Crippen LogP contribution in [0.25, 0.3) is 0 Å². The molecule has 1 aliphatic rings. The highest BCUT2D eigenvalue weighted by Crippen LogP contribution is 2.32.